The Morgan fingerprint density at radius 1 is 1.26 bits per heavy atom. The summed E-state index contributed by atoms with van der Waals surface area (Å²) < 4.78 is 17.0. The maximum atomic E-state index is 12.8. The number of Topliss-reactive ketones (excluding diaryl/α,β-unsaturated/α-hetero) is 1. The highest BCUT2D eigenvalue weighted by molar-refractivity contribution is 6.37. The van der Waals surface area contributed by atoms with Gasteiger partial charge in [-0.15, -0.1) is 0 Å². The van der Waals surface area contributed by atoms with E-state index < -0.39 is 24.1 Å². The number of ketones is 1. The second-order valence-corrected chi connectivity index (χ2v) is 6.78. The van der Waals surface area contributed by atoms with E-state index in [4.69, 9.17) is 43.1 Å². The Hall–Kier alpha value is -1.11. The van der Waals surface area contributed by atoms with Gasteiger partial charge in [-0.3, -0.25) is 4.79 Å². The third-order valence-corrected chi connectivity index (χ3v) is 4.64. The zero-order valence-electron chi connectivity index (χ0n) is 12.9. The number of ether oxygens (including phenoxy) is 3. The van der Waals surface area contributed by atoms with Crippen LogP contribution in [0.5, 0.6) is 0 Å². The highest BCUT2D eigenvalue weighted by atomic mass is 35.5. The normalized spacial score (nSPS) is 31.3. The standard InChI is InChI=1S/C16H17Cl2NO4/c1-16(2)22-14-12(20)10(13(21-3)15(14)23-16)11(19)9-7(17)5-4-6-8(9)18/h4-6,13-15H,19H2,1-3H3/b11-10+/t13-,14-,15+/m1/s1. The second-order valence-electron chi connectivity index (χ2n) is 5.97. The summed E-state index contributed by atoms with van der Waals surface area (Å²) in [6.07, 6.45) is -1.93. The molecule has 2 N–H and O–H groups in total. The fourth-order valence-corrected chi connectivity index (χ4v) is 3.70. The quantitative estimate of drug-likeness (QED) is 0.824. The third-order valence-electron chi connectivity index (χ3n) is 4.01. The van der Waals surface area contributed by atoms with Crippen LogP contribution < -0.4 is 5.73 Å². The summed E-state index contributed by atoms with van der Waals surface area (Å²) in [6.45, 7) is 3.51. The van der Waals surface area contributed by atoms with E-state index in [9.17, 15) is 4.79 Å². The number of carbonyl (C=O) groups is 1. The van der Waals surface area contributed by atoms with Gasteiger partial charge >= 0.3 is 0 Å². The molecule has 0 unspecified atom stereocenters. The van der Waals surface area contributed by atoms with Gasteiger partial charge in [0.15, 0.2) is 17.7 Å². The number of methoxy groups -OCH3 is 1. The van der Waals surface area contributed by atoms with Crippen LogP contribution in [0.25, 0.3) is 5.70 Å². The number of halogens is 2. The Morgan fingerprint density at radius 3 is 2.43 bits per heavy atom. The van der Waals surface area contributed by atoms with E-state index in [0.717, 1.165) is 0 Å². The average molecular weight is 358 g/mol. The lowest BCUT2D eigenvalue weighted by Gasteiger charge is -2.23. The number of carbonyl (C=O) groups excluding carboxylic acids is 1. The molecular weight excluding hydrogens is 341 g/mol. The third kappa shape index (κ3) is 2.66. The Bertz CT molecular complexity index is 681. The van der Waals surface area contributed by atoms with Crippen molar-refractivity contribution in [3.63, 3.8) is 0 Å². The molecule has 2 fully saturated rings. The highest BCUT2D eigenvalue weighted by Crippen LogP contribution is 2.43. The smallest absolute Gasteiger partial charge is 0.195 e. The highest BCUT2D eigenvalue weighted by Gasteiger charge is 2.57. The number of rotatable bonds is 2. The topological polar surface area (TPSA) is 70.8 Å². The maximum absolute atomic E-state index is 12.8. The minimum absolute atomic E-state index is 0.192. The van der Waals surface area contributed by atoms with Crippen LogP contribution in [0.1, 0.15) is 19.4 Å². The average Bonchev–Trinajstić information content (AvgIpc) is 2.90. The van der Waals surface area contributed by atoms with Gasteiger partial charge in [0.1, 0.15) is 12.2 Å². The van der Waals surface area contributed by atoms with Gasteiger partial charge < -0.3 is 19.9 Å². The van der Waals surface area contributed by atoms with Crippen molar-refractivity contribution in [2.24, 2.45) is 5.73 Å². The van der Waals surface area contributed by atoms with Gasteiger partial charge in [0.25, 0.3) is 0 Å². The van der Waals surface area contributed by atoms with Crippen LogP contribution in [0.2, 0.25) is 10.0 Å². The van der Waals surface area contributed by atoms with Crippen molar-refractivity contribution in [2.45, 2.75) is 37.9 Å². The number of hydrogen-bond donors (Lipinski definition) is 1. The summed E-state index contributed by atoms with van der Waals surface area (Å²) in [6, 6.07) is 5.03. The maximum Gasteiger partial charge on any atom is 0.195 e. The van der Waals surface area contributed by atoms with E-state index in [1.54, 1.807) is 32.0 Å². The van der Waals surface area contributed by atoms with Crippen molar-refractivity contribution in [2.75, 3.05) is 7.11 Å². The molecule has 1 aromatic carbocycles. The molecule has 2 aliphatic rings. The predicted molar refractivity (Wildman–Crippen MR) is 87.2 cm³/mol. The molecule has 5 nitrogen and oxygen atoms in total. The van der Waals surface area contributed by atoms with E-state index in [1.165, 1.54) is 7.11 Å². The van der Waals surface area contributed by atoms with Gasteiger partial charge in [-0.25, -0.2) is 0 Å². The fraction of sp³-hybridized carbons (Fsp3) is 0.438. The Morgan fingerprint density at radius 2 is 1.87 bits per heavy atom. The molecule has 0 radical (unpaired) electrons. The van der Waals surface area contributed by atoms with Crippen LogP contribution in [-0.4, -0.2) is 37.0 Å². The van der Waals surface area contributed by atoms with E-state index >= 15 is 0 Å². The first-order chi connectivity index (χ1) is 10.8. The molecule has 0 amide bonds. The molecule has 7 heteroatoms. The predicted octanol–water partition coefficient (Wildman–Crippen LogP) is 2.78. The van der Waals surface area contributed by atoms with Gasteiger partial charge in [0.05, 0.1) is 21.3 Å². The zero-order chi connectivity index (χ0) is 16.9. The Balaban J connectivity index is 2.11. The van der Waals surface area contributed by atoms with Crippen LogP contribution in [0, 0.1) is 0 Å². The van der Waals surface area contributed by atoms with E-state index in [-0.39, 0.29) is 17.1 Å². The summed E-state index contributed by atoms with van der Waals surface area (Å²) in [5.41, 5.74) is 7.12. The van der Waals surface area contributed by atoms with Crippen molar-refractivity contribution in [3.8, 4) is 0 Å². The molecule has 1 aromatic rings. The number of fused-ring (bicyclic) bond motifs is 1. The Labute approximate surface area is 144 Å². The van der Waals surface area contributed by atoms with Crippen molar-refractivity contribution in [1.29, 1.82) is 0 Å². The van der Waals surface area contributed by atoms with Crippen LogP contribution in [0.15, 0.2) is 23.8 Å². The molecule has 124 valence electrons. The van der Waals surface area contributed by atoms with E-state index in [1.807, 2.05) is 0 Å². The minimum atomic E-state index is -0.843. The van der Waals surface area contributed by atoms with Crippen LogP contribution in [0.4, 0.5) is 0 Å². The van der Waals surface area contributed by atoms with Crippen molar-refractivity contribution < 1.29 is 19.0 Å². The number of benzene rings is 1. The van der Waals surface area contributed by atoms with Gasteiger partial charge in [-0.1, -0.05) is 29.3 Å². The first-order valence-corrected chi connectivity index (χ1v) is 7.89. The van der Waals surface area contributed by atoms with Gasteiger partial charge in [-0.2, -0.15) is 0 Å². The summed E-state index contributed by atoms with van der Waals surface area (Å²) in [5.74, 6) is -1.11. The minimum Gasteiger partial charge on any atom is -0.398 e. The number of hydrogen-bond acceptors (Lipinski definition) is 5. The van der Waals surface area contributed by atoms with Crippen molar-refractivity contribution in [3.05, 3.63) is 39.4 Å². The summed E-state index contributed by atoms with van der Waals surface area (Å²) in [5, 5.41) is 0.730. The van der Waals surface area contributed by atoms with Gasteiger partial charge in [0, 0.05) is 12.7 Å². The first-order valence-electron chi connectivity index (χ1n) is 7.13. The largest absolute Gasteiger partial charge is 0.398 e. The molecule has 23 heavy (non-hydrogen) atoms. The molecule has 3 rings (SSSR count). The van der Waals surface area contributed by atoms with Gasteiger partial charge in [-0.05, 0) is 26.0 Å². The molecule has 0 spiro atoms. The van der Waals surface area contributed by atoms with Gasteiger partial charge in [0.2, 0.25) is 0 Å². The number of nitrogens with two attached hydrogens (primary N) is 1. The van der Waals surface area contributed by atoms with E-state index in [0.29, 0.717) is 15.6 Å². The van der Waals surface area contributed by atoms with Crippen molar-refractivity contribution in [1.82, 2.24) is 0 Å². The fourth-order valence-electron chi connectivity index (χ4n) is 3.10. The van der Waals surface area contributed by atoms with Crippen LogP contribution in [-0.2, 0) is 19.0 Å². The van der Waals surface area contributed by atoms with Crippen LogP contribution >= 0.6 is 23.2 Å². The van der Waals surface area contributed by atoms with Crippen molar-refractivity contribution >= 4 is 34.7 Å². The molecule has 1 aliphatic carbocycles. The van der Waals surface area contributed by atoms with Crippen LogP contribution in [0.3, 0.4) is 0 Å². The lowest BCUT2D eigenvalue weighted by atomic mass is 10.0. The summed E-state index contributed by atoms with van der Waals surface area (Å²) in [4.78, 5) is 12.8. The summed E-state index contributed by atoms with van der Waals surface area (Å²) in [7, 11) is 1.50. The first kappa shape index (κ1) is 16.7. The molecule has 1 saturated carbocycles. The molecule has 3 atom stereocenters. The lowest BCUT2D eigenvalue weighted by Crippen LogP contribution is -2.31. The second kappa shape index (κ2) is 5.76. The SMILES string of the molecule is CO[C@@H]1/C(=C(/N)c2c(Cl)cccc2Cl)C(=O)[C@H]2OC(C)(C)O[C@H]21. The van der Waals surface area contributed by atoms with E-state index in [2.05, 4.69) is 0 Å². The molecule has 1 heterocycles. The molecule has 1 saturated heterocycles. The molecule has 0 aromatic heterocycles. The lowest BCUT2D eigenvalue weighted by molar-refractivity contribution is -0.163. The zero-order valence-corrected chi connectivity index (χ0v) is 14.4. The molecule has 0 bridgehead atoms. The summed E-state index contributed by atoms with van der Waals surface area (Å²) >= 11 is 12.4. The Kier molecular flexibility index (Phi) is 4.19. The monoisotopic (exact) mass is 357 g/mol. The molecular formula is C16H17Cl2NO4. The molecule has 1 aliphatic heterocycles.